The molecule has 2 N–H and O–H groups in total. The minimum absolute atomic E-state index is 0.128. The molecule has 3 rings (SSSR count). The van der Waals surface area contributed by atoms with E-state index < -0.39 is 0 Å². The molecule has 1 aliphatic heterocycles. The Bertz CT molecular complexity index is 363. The van der Waals surface area contributed by atoms with Crippen LogP contribution in [0.1, 0.15) is 24.0 Å². The summed E-state index contributed by atoms with van der Waals surface area (Å²) in [6, 6.07) is 8.97. The Morgan fingerprint density at radius 3 is 2.25 bits per heavy atom. The van der Waals surface area contributed by atoms with Gasteiger partial charge in [-0.05, 0) is 36.8 Å². The van der Waals surface area contributed by atoms with E-state index in [1.807, 2.05) is 0 Å². The molecule has 1 saturated heterocycles. The highest BCUT2D eigenvalue weighted by atomic mass is 16.5. The monoisotopic (exact) mass is 217 g/mol. The first-order valence-electron chi connectivity index (χ1n) is 6.18. The van der Waals surface area contributed by atoms with Crippen LogP contribution in [0.15, 0.2) is 24.3 Å². The summed E-state index contributed by atoms with van der Waals surface area (Å²) in [5.74, 6) is 0.745. The Kier molecular flexibility index (Phi) is 2.49. The fourth-order valence-corrected chi connectivity index (χ4v) is 2.27. The van der Waals surface area contributed by atoms with E-state index in [4.69, 9.17) is 10.5 Å². The highest BCUT2D eigenvalue weighted by Crippen LogP contribution is 2.35. The first-order chi connectivity index (χ1) is 7.73. The average Bonchev–Trinajstić information content (AvgIpc) is 2.92. The van der Waals surface area contributed by atoms with Gasteiger partial charge in [0.1, 0.15) is 0 Å². The van der Waals surface area contributed by atoms with Crippen LogP contribution in [0.25, 0.3) is 0 Å². The molecule has 0 bridgehead atoms. The molecule has 1 aromatic rings. The van der Waals surface area contributed by atoms with Crippen molar-refractivity contribution < 1.29 is 4.74 Å². The van der Waals surface area contributed by atoms with Gasteiger partial charge in [0.25, 0.3) is 0 Å². The van der Waals surface area contributed by atoms with E-state index in [9.17, 15) is 0 Å². The lowest BCUT2D eigenvalue weighted by Crippen LogP contribution is -2.29. The summed E-state index contributed by atoms with van der Waals surface area (Å²) in [5.41, 5.74) is 9.05. The SMILES string of the molecule is NC1(Cc2ccc(CC3COC3)cc2)CC1. The maximum Gasteiger partial charge on any atom is 0.0519 e. The smallest absolute Gasteiger partial charge is 0.0519 e. The van der Waals surface area contributed by atoms with Gasteiger partial charge in [-0.2, -0.15) is 0 Å². The van der Waals surface area contributed by atoms with E-state index in [2.05, 4.69) is 24.3 Å². The Morgan fingerprint density at radius 2 is 1.75 bits per heavy atom. The Balaban J connectivity index is 1.60. The summed E-state index contributed by atoms with van der Waals surface area (Å²) >= 11 is 0. The van der Waals surface area contributed by atoms with Crippen molar-refractivity contribution in [3.8, 4) is 0 Å². The van der Waals surface area contributed by atoms with Crippen LogP contribution >= 0.6 is 0 Å². The molecule has 1 heterocycles. The van der Waals surface area contributed by atoms with Crippen molar-refractivity contribution in [3.05, 3.63) is 35.4 Å². The zero-order valence-corrected chi connectivity index (χ0v) is 9.61. The van der Waals surface area contributed by atoms with E-state index in [0.29, 0.717) is 0 Å². The third-order valence-corrected chi connectivity index (χ3v) is 3.70. The Morgan fingerprint density at radius 1 is 1.12 bits per heavy atom. The highest BCUT2D eigenvalue weighted by molar-refractivity contribution is 5.26. The first kappa shape index (κ1) is 10.3. The lowest BCUT2D eigenvalue weighted by Gasteiger charge is -2.25. The van der Waals surface area contributed by atoms with Crippen LogP contribution < -0.4 is 5.73 Å². The Hall–Kier alpha value is -0.860. The third-order valence-electron chi connectivity index (χ3n) is 3.70. The third kappa shape index (κ3) is 2.28. The van der Waals surface area contributed by atoms with E-state index in [1.54, 1.807) is 0 Å². The van der Waals surface area contributed by atoms with Crippen molar-refractivity contribution in [1.29, 1.82) is 0 Å². The predicted molar refractivity (Wildman–Crippen MR) is 64.3 cm³/mol. The zero-order chi connectivity index (χ0) is 11.0. The molecule has 1 aromatic carbocycles. The lowest BCUT2D eigenvalue weighted by molar-refractivity contribution is -0.0312. The molecule has 2 heteroatoms. The van der Waals surface area contributed by atoms with Gasteiger partial charge in [0.15, 0.2) is 0 Å². The van der Waals surface area contributed by atoms with Crippen LogP contribution in [0.4, 0.5) is 0 Å². The van der Waals surface area contributed by atoms with Crippen LogP contribution in [-0.2, 0) is 17.6 Å². The molecule has 1 aliphatic carbocycles. The second kappa shape index (κ2) is 3.86. The summed E-state index contributed by atoms with van der Waals surface area (Å²) in [6.07, 6.45) is 4.58. The summed E-state index contributed by atoms with van der Waals surface area (Å²) in [4.78, 5) is 0. The van der Waals surface area contributed by atoms with Crippen molar-refractivity contribution in [1.82, 2.24) is 0 Å². The van der Waals surface area contributed by atoms with Gasteiger partial charge in [-0.25, -0.2) is 0 Å². The summed E-state index contributed by atoms with van der Waals surface area (Å²) in [7, 11) is 0. The number of ether oxygens (including phenoxy) is 1. The molecule has 86 valence electrons. The van der Waals surface area contributed by atoms with Crippen LogP contribution in [0, 0.1) is 5.92 Å². The lowest BCUT2D eigenvalue weighted by atomic mass is 9.96. The molecule has 2 aliphatic rings. The number of nitrogens with two attached hydrogens (primary N) is 1. The molecule has 0 atom stereocenters. The molecule has 16 heavy (non-hydrogen) atoms. The van der Waals surface area contributed by atoms with Gasteiger partial charge >= 0.3 is 0 Å². The molecule has 0 radical (unpaired) electrons. The maximum absolute atomic E-state index is 6.11. The quantitative estimate of drug-likeness (QED) is 0.836. The van der Waals surface area contributed by atoms with Gasteiger partial charge in [-0.1, -0.05) is 24.3 Å². The second-order valence-electron chi connectivity index (χ2n) is 5.46. The van der Waals surface area contributed by atoms with Gasteiger partial charge in [0, 0.05) is 11.5 Å². The summed E-state index contributed by atoms with van der Waals surface area (Å²) < 4.78 is 5.19. The van der Waals surface area contributed by atoms with Crippen molar-refractivity contribution >= 4 is 0 Å². The van der Waals surface area contributed by atoms with Crippen molar-refractivity contribution in [3.63, 3.8) is 0 Å². The number of rotatable bonds is 4. The van der Waals surface area contributed by atoms with Crippen LogP contribution in [0.3, 0.4) is 0 Å². The predicted octanol–water partition coefficient (Wildman–Crippen LogP) is 1.91. The minimum atomic E-state index is 0.128. The van der Waals surface area contributed by atoms with E-state index in [0.717, 1.165) is 32.0 Å². The molecule has 2 nitrogen and oxygen atoms in total. The van der Waals surface area contributed by atoms with Crippen molar-refractivity contribution in [2.75, 3.05) is 13.2 Å². The van der Waals surface area contributed by atoms with Crippen molar-refractivity contribution in [2.24, 2.45) is 11.7 Å². The van der Waals surface area contributed by atoms with Gasteiger partial charge in [-0.3, -0.25) is 0 Å². The van der Waals surface area contributed by atoms with Gasteiger partial charge in [0.05, 0.1) is 13.2 Å². The first-order valence-corrected chi connectivity index (χ1v) is 6.18. The van der Waals surface area contributed by atoms with E-state index >= 15 is 0 Å². The molecular weight excluding hydrogens is 198 g/mol. The van der Waals surface area contributed by atoms with Crippen LogP contribution in [0.5, 0.6) is 0 Å². The van der Waals surface area contributed by atoms with Crippen molar-refractivity contribution in [2.45, 2.75) is 31.2 Å². The minimum Gasteiger partial charge on any atom is -0.381 e. The van der Waals surface area contributed by atoms with Crippen LogP contribution in [-0.4, -0.2) is 18.8 Å². The summed E-state index contributed by atoms with van der Waals surface area (Å²) in [6.45, 7) is 1.88. The molecule has 0 amide bonds. The van der Waals surface area contributed by atoms with Crippen LogP contribution in [0.2, 0.25) is 0 Å². The van der Waals surface area contributed by atoms with Gasteiger partial charge in [-0.15, -0.1) is 0 Å². The summed E-state index contributed by atoms with van der Waals surface area (Å²) in [5, 5.41) is 0. The van der Waals surface area contributed by atoms with Gasteiger partial charge in [0.2, 0.25) is 0 Å². The fraction of sp³-hybridized carbons (Fsp3) is 0.571. The zero-order valence-electron chi connectivity index (χ0n) is 9.61. The van der Waals surface area contributed by atoms with E-state index in [1.165, 1.54) is 24.0 Å². The molecular formula is C14H19NO. The number of benzene rings is 1. The highest BCUT2D eigenvalue weighted by Gasteiger charge is 2.37. The molecule has 0 unspecified atom stereocenters. The largest absolute Gasteiger partial charge is 0.381 e. The standard InChI is InChI=1S/C14H19NO/c15-14(5-6-14)8-12-3-1-11(2-4-12)7-13-9-16-10-13/h1-4,13H,5-10,15H2. The molecule has 0 aromatic heterocycles. The second-order valence-corrected chi connectivity index (χ2v) is 5.46. The molecule has 2 fully saturated rings. The number of hydrogen-bond donors (Lipinski definition) is 1. The normalized spacial score (nSPS) is 22.8. The van der Waals surface area contributed by atoms with E-state index in [-0.39, 0.29) is 5.54 Å². The molecule has 1 saturated carbocycles. The number of hydrogen-bond acceptors (Lipinski definition) is 2. The maximum atomic E-state index is 6.11. The topological polar surface area (TPSA) is 35.2 Å². The fourth-order valence-electron chi connectivity index (χ4n) is 2.27. The average molecular weight is 217 g/mol. The van der Waals surface area contributed by atoms with Gasteiger partial charge < -0.3 is 10.5 Å². The molecule has 0 spiro atoms. The Labute approximate surface area is 96.8 Å².